The summed E-state index contributed by atoms with van der Waals surface area (Å²) in [6.45, 7) is 5.59. The third kappa shape index (κ3) is 5.87. The molecule has 26 heavy (non-hydrogen) atoms. The quantitative estimate of drug-likeness (QED) is 0.713. The van der Waals surface area contributed by atoms with Gasteiger partial charge in [0.15, 0.2) is 5.13 Å². The Kier molecular flexibility index (Phi) is 6.87. The van der Waals surface area contributed by atoms with Gasteiger partial charge in [0.2, 0.25) is 0 Å². The zero-order chi connectivity index (χ0) is 19.3. The zero-order valence-corrected chi connectivity index (χ0v) is 16.8. The van der Waals surface area contributed by atoms with E-state index in [-0.39, 0.29) is 0 Å². The number of benzene rings is 1. The molecule has 0 aliphatic heterocycles. The van der Waals surface area contributed by atoms with Gasteiger partial charge in [-0.15, -0.1) is 11.3 Å². The molecule has 0 spiro atoms. The summed E-state index contributed by atoms with van der Waals surface area (Å²) < 4.78 is 28.8. The number of nitrogens with one attached hydrogen (secondary N) is 2. The minimum absolute atomic E-state index is 0.423. The number of hydrogen-bond acceptors (Lipinski definition) is 6. The van der Waals surface area contributed by atoms with E-state index in [0.717, 1.165) is 17.0 Å². The van der Waals surface area contributed by atoms with E-state index in [1.807, 2.05) is 11.6 Å². The minimum Gasteiger partial charge on any atom is -0.300 e. The molecule has 1 aromatic carbocycles. The minimum atomic E-state index is -3.89. The highest BCUT2D eigenvalue weighted by Crippen LogP contribution is 2.26. The van der Waals surface area contributed by atoms with Gasteiger partial charge in [0, 0.05) is 18.3 Å². The number of nitrogens with zero attached hydrogens (tertiary/aromatic N) is 1. The van der Waals surface area contributed by atoms with E-state index in [0.29, 0.717) is 11.0 Å². The van der Waals surface area contributed by atoms with E-state index in [2.05, 4.69) is 52.6 Å². The van der Waals surface area contributed by atoms with Crippen LogP contribution in [0.2, 0.25) is 0 Å². The van der Waals surface area contributed by atoms with Gasteiger partial charge in [0.1, 0.15) is 6.61 Å². The fourth-order valence-electron chi connectivity index (χ4n) is 2.20. The summed E-state index contributed by atoms with van der Waals surface area (Å²) >= 11 is 1.37. The number of aromatic nitrogens is 1. The molecule has 0 aliphatic carbocycles. The summed E-state index contributed by atoms with van der Waals surface area (Å²) in [7, 11) is -2.68. The van der Waals surface area contributed by atoms with Gasteiger partial charge in [-0.3, -0.25) is 10.1 Å². The van der Waals surface area contributed by atoms with Crippen molar-refractivity contribution in [3.63, 3.8) is 0 Å². The van der Waals surface area contributed by atoms with E-state index >= 15 is 0 Å². The van der Waals surface area contributed by atoms with Crippen LogP contribution in [-0.2, 0) is 25.7 Å². The maximum atomic E-state index is 11.8. The van der Waals surface area contributed by atoms with E-state index in [9.17, 15) is 13.2 Å². The third-order valence-corrected chi connectivity index (χ3v) is 5.75. The SMILES string of the molecule is CNS(=O)(=O)OCC(=O)Nc1nc(C)c(Cc2ccc(C(C)C)cc2)s1. The molecule has 2 rings (SSSR count). The Morgan fingerprint density at radius 1 is 1.27 bits per heavy atom. The molecule has 1 heterocycles. The monoisotopic (exact) mass is 397 g/mol. The Morgan fingerprint density at radius 3 is 2.50 bits per heavy atom. The van der Waals surface area contributed by atoms with Crippen molar-refractivity contribution in [3.8, 4) is 0 Å². The van der Waals surface area contributed by atoms with Crippen LogP contribution in [0.3, 0.4) is 0 Å². The van der Waals surface area contributed by atoms with Gasteiger partial charge >= 0.3 is 10.3 Å². The van der Waals surface area contributed by atoms with Gasteiger partial charge in [-0.1, -0.05) is 38.1 Å². The molecule has 0 saturated carbocycles. The second kappa shape index (κ2) is 8.72. The van der Waals surface area contributed by atoms with Crippen molar-refractivity contribution >= 4 is 32.7 Å². The summed E-state index contributed by atoms with van der Waals surface area (Å²) in [5, 5.41) is 2.98. The number of aryl methyl sites for hydroxylation is 1. The zero-order valence-electron chi connectivity index (χ0n) is 15.2. The Morgan fingerprint density at radius 2 is 1.92 bits per heavy atom. The van der Waals surface area contributed by atoms with Crippen molar-refractivity contribution in [2.75, 3.05) is 19.0 Å². The van der Waals surface area contributed by atoms with Crippen LogP contribution in [0.25, 0.3) is 0 Å². The first kappa shape index (κ1) is 20.5. The molecule has 0 fully saturated rings. The lowest BCUT2D eigenvalue weighted by atomic mass is 10.0. The van der Waals surface area contributed by atoms with Crippen molar-refractivity contribution in [2.24, 2.45) is 0 Å². The molecule has 9 heteroatoms. The summed E-state index contributed by atoms with van der Waals surface area (Å²) in [6.07, 6.45) is 0.725. The number of thiazole rings is 1. The predicted molar refractivity (Wildman–Crippen MR) is 103 cm³/mol. The van der Waals surface area contributed by atoms with Crippen LogP contribution in [0.15, 0.2) is 24.3 Å². The maximum absolute atomic E-state index is 11.8. The van der Waals surface area contributed by atoms with Gasteiger partial charge in [0.25, 0.3) is 5.91 Å². The Hall–Kier alpha value is -1.81. The average Bonchev–Trinajstić information content (AvgIpc) is 2.93. The molecule has 1 aromatic heterocycles. The Bertz CT molecular complexity index is 859. The van der Waals surface area contributed by atoms with Crippen LogP contribution < -0.4 is 10.0 Å². The van der Waals surface area contributed by atoms with Crippen LogP contribution in [0, 0.1) is 6.92 Å². The van der Waals surface area contributed by atoms with Crippen molar-refractivity contribution < 1.29 is 17.4 Å². The average molecular weight is 398 g/mol. The summed E-state index contributed by atoms with van der Waals surface area (Å²) in [6, 6.07) is 8.45. The second-order valence-electron chi connectivity index (χ2n) is 6.07. The fraction of sp³-hybridized carbons (Fsp3) is 0.412. The molecule has 0 saturated heterocycles. The number of anilines is 1. The van der Waals surface area contributed by atoms with Crippen molar-refractivity contribution in [3.05, 3.63) is 46.0 Å². The molecule has 0 atom stereocenters. The first-order valence-electron chi connectivity index (χ1n) is 8.13. The highest BCUT2D eigenvalue weighted by molar-refractivity contribution is 7.84. The number of carbonyl (C=O) groups excluding carboxylic acids is 1. The molecular weight excluding hydrogens is 374 g/mol. The van der Waals surface area contributed by atoms with E-state index < -0.39 is 22.8 Å². The normalized spacial score (nSPS) is 11.7. The van der Waals surface area contributed by atoms with Gasteiger partial charge < -0.3 is 0 Å². The lowest BCUT2D eigenvalue weighted by Gasteiger charge is -2.06. The number of carbonyl (C=O) groups is 1. The first-order chi connectivity index (χ1) is 12.2. The fourth-order valence-corrected chi connectivity index (χ4v) is 3.59. The summed E-state index contributed by atoms with van der Waals surface area (Å²) in [4.78, 5) is 17.2. The topological polar surface area (TPSA) is 97.4 Å². The van der Waals surface area contributed by atoms with Crippen LogP contribution in [-0.4, -0.2) is 33.0 Å². The van der Waals surface area contributed by atoms with Gasteiger partial charge in [0.05, 0.1) is 5.69 Å². The molecule has 0 bridgehead atoms. The number of rotatable bonds is 8. The maximum Gasteiger partial charge on any atom is 0.336 e. The van der Waals surface area contributed by atoms with Gasteiger partial charge in [-0.25, -0.2) is 9.17 Å². The van der Waals surface area contributed by atoms with Gasteiger partial charge in [-0.05, 0) is 24.0 Å². The lowest BCUT2D eigenvalue weighted by Crippen LogP contribution is -2.27. The highest BCUT2D eigenvalue weighted by atomic mass is 32.2. The van der Waals surface area contributed by atoms with Gasteiger partial charge in [-0.2, -0.15) is 13.1 Å². The Balaban J connectivity index is 1.99. The van der Waals surface area contributed by atoms with Crippen molar-refractivity contribution in [1.82, 2.24) is 9.71 Å². The van der Waals surface area contributed by atoms with Crippen LogP contribution in [0.1, 0.15) is 41.5 Å². The lowest BCUT2D eigenvalue weighted by molar-refractivity contribution is -0.118. The molecule has 7 nitrogen and oxygen atoms in total. The molecule has 0 unspecified atom stereocenters. The van der Waals surface area contributed by atoms with E-state index in [1.165, 1.54) is 29.5 Å². The standard InChI is InChI=1S/C17H23N3O4S2/c1-11(2)14-7-5-13(6-8-14)9-15-12(3)19-17(25-15)20-16(21)10-24-26(22,23)18-4/h5-8,11,18H,9-10H2,1-4H3,(H,19,20,21). The summed E-state index contributed by atoms with van der Waals surface area (Å²) in [5.41, 5.74) is 3.30. The largest absolute Gasteiger partial charge is 0.336 e. The first-order valence-corrected chi connectivity index (χ1v) is 10.4. The molecule has 1 amide bonds. The molecular formula is C17H23N3O4S2. The Labute approximate surface area is 158 Å². The van der Waals surface area contributed by atoms with Crippen LogP contribution >= 0.6 is 11.3 Å². The number of hydrogen-bond donors (Lipinski definition) is 2. The highest BCUT2D eigenvalue weighted by Gasteiger charge is 2.14. The van der Waals surface area contributed by atoms with E-state index in [4.69, 9.17) is 0 Å². The molecule has 2 N–H and O–H groups in total. The molecule has 0 radical (unpaired) electrons. The smallest absolute Gasteiger partial charge is 0.300 e. The van der Waals surface area contributed by atoms with Crippen molar-refractivity contribution in [1.29, 1.82) is 0 Å². The molecule has 2 aromatic rings. The molecule has 0 aliphatic rings. The van der Waals surface area contributed by atoms with Crippen LogP contribution in [0.5, 0.6) is 0 Å². The number of amides is 1. The van der Waals surface area contributed by atoms with Crippen molar-refractivity contribution in [2.45, 2.75) is 33.1 Å². The summed E-state index contributed by atoms with van der Waals surface area (Å²) in [5.74, 6) is -0.0876. The third-order valence-electron chi connectivity index (χ3n) is 3.75. The van der Waals surface area contributed by atoms with E-state index in [1.54, 1.807) is 0 Å². The molecule has 142 valence electrons. The second-order valence-corrected chi connectivity index (χ2v) is 8.71. The predicted octanol–water partition coefficient (Wildman–Crippen LogP) is 2.59. The van der Waals surface area contributed by atoms with Crippen LogP contribution in [0.4, 0.5) is 5.13 Å².